The van der Waals surface area contributed by atoms with E-state index in [4.69, 9.17) is 10.00 Å². The predicted molar refractivity (Wildman–Crippen MR) is 126 cm³/mol. The minimum Gasteiger partial charge on any atom is -0.393 e. The van der Waals surface area contributed by atoms with E-state index >= 15 is 0 Å². The molecule has 4 fully saturated rings. The number of fused-ring (bicyclic) bond motifs is 5. The van der Waals surface area contributed by atoms with Gasteiger partial charge in [-0.25, -0.2) is 0 Å². The van der Waals surface area contributed by atoms with Crippen molar-refractivity contribution in [2.45, 2.75) is 83.3 Å². The van der Waals surface area contributed by atoms with E-state index < -0.39 is 5.60 Å². The number of aliphatic hydroxyl groups excluding tert-OH is 1. The third-order valence-corrected chi connectivity index (χ3v) is 10.5. The third-order valence-electron chi connectivity index (χ3n) is 10.5. The molecule has 32 heavy (non-hydrogen) atoms. The number of aliphatic hydroxyl groups is 1. The van der Waals surface area contributed by atoms with Gasteiger partial charge in [0.2, 0.25) is 0 Å². The van der Waals surface area contributed by atoms with Gasteiger partial charge in [-0.15, -0.1) is 0 Å². The third kappa shape index (κ3) is 3.16. The molecule has 4 saturated carbocycles. The molecule has 0 heterocycles. The molecular weight excluding hydrogens is 394 g/mol. The topological polar surface area (TPSA) is 53.2 Å². The average Bonchev–Trinajstić information content (AvgIpc) is 3.11. The summed E-state index contributed by atoms with van der Waals surface area (Å²) in [4.78, 5) is 0. The Bertz CT molecular complexity index is 968. The van der Waals surface area contributed by atoms with E-state index in [-0.39, 0.29) is 11.5 Å². The highest BCUT2D eigenvalue weighted by Gasteiger charge is 2.65. The summed E-state index contributed by atoms with van der Waals surface area (Å²) < 4.78 is 6.30. The molecule has 0 radical (unpaired) electrons. The molecule has 1 aromatic carbocycles. The van der Waals surface area contributed by atoms with Gasteiger partial charge in [-0.05, 0) is 111 Å². The number of hydrogen-bond acceptors (Lipinski definition) is 3. The summed E-state index contributed by atoms with van der Waals surface area (Å²) in [7, 11) is 1.86. The lowest BCUT2D eigenvalue weighted by Crippen LogP contribution is -2.57. The molecule has 0 spiro atoms. The first-order chi connectivity index (χ1) is 15.3. The maximum atomic E-state index is 10.3. The number of rotatable bonds is 1. The second kappa shape index (κ2) is 7.90. The fourth-order valence-corrected chi connectivity index (χ4v) is 8.63. The Morgan fingerprint density at radius 1 is 0.938 bits per heavy atom. The summed E-state index contributed by atoms with van der Waals surface area (Å²) in [5, 5.41) is 19.3. The molecule has 0 saturated heterocycles. The van der Waals surface area contributed by atoms with Crippen molar-refractivity contribution in [3.8, 4) is 17.9 Å². The Hall–Kier alpha value is -1.81. The lowest BCUT2D eigenvalue weighted by molar-refractivity contribution is -0.151. The zero-order valence-corrected chi connectivity index (χ0v) is 19.9. The lowest BCUT2D eigenvalue weighted by atomic mass is 9.44. The molecule has 0 amide bonds. The molecule has 0 aliphatic heterocycles. The lowest BCUT2D eigenvalue weighted by Gasteiger charge is -2.61. The molecule has 1 aromatic rings. The van der Waals surface area contributed by atoms with Gasteiger partial charge in [-0.1, -0.05) is 25.7 Å². The Kier molecular flexibility index (Phi) is 5.43. The monoisotopic (exact) mass is 431 g/mol. The van der Waals surface area contributed by atoms with Crippen LogP contribution in [0.1, 0.15) is 82.8 Å². The van der Waals surface area contributed by atoms with Gasteiger partial charge < -0.3 is 9.84 Å². The van der Waals surface area contributed by atoms with Crippen molar-refractivity contribution in [3.63, 3.8) is 0 Å². The largest absolute Gasteiger partial charge is 0.393 e. The summed E-state index contributed by atoms with van der Waals surface area (Å²) in [6.07, 6.45) is 10.4. The summed E-state index contributed by atoms with van der Waals surface area (Å²) in [6, 6.07) is 9.75. The van der Waals surface area contributed by atoms with E-state index in [9.17, 15) is 5.11 Å². The predicted octanol–water partition coefficient (Wildman–Crippen LogP) is 5.70. The molecule has 5 rings (SSSR count). The van der Waals surface area contributed by atoms with Crippen LogP contribution in [0, 0.1) is 57.7 Å². The van der Waals surface area contributed by atoms with Crippen LogP contribution >= 0.6 is 0 Å². The van der Waals surface area contributed by atoms with Gasteiger partial charge >= 0.3 is 0 Å². The Labute approximate surface area is 193 Å². The van der Waals surface area contributed by atoms with Crippen LogP contribution in [0.15, 0.2) is 24.3 Å². The quantitative estimate of drug-likeness (QED) is 0.581. The minimum atomic E-state index is -0.392. The van der Waals surface area contributed by atoms with Crippen molar-refractivity contribution in [1.29, 1.82) is 5.26 Å². The van der Waals surface area contributed by atoms with E-state index in [1.165, 1.54) is 38.5 Å². The average molecular weight is 432 g/mol. The van der Waals surface area contributed by atoms with E-state index in [0.717, 1.165) is 36.7 Å². The number of benzene rings is 1. The normalized spacial score (nSPS) is 44.9. The Balaban J connectivity index is 1.43. The maximum Gasteiger partial charge on any atom is 0.134 e. The second-order valence-corrected chi connectivity index (χ2v) is 11.6. The summed E-state index contributed by atoms with van der Waals surface area (Å²) >= 11 is 0. The van der Waals surface area contributed by atoms with Gasteiger partial charge in [0.25, 0.3) is 0 Å². The number of hydrogen-bond donors (Lipinski definition) is 1. The highest BCUT2D eigenvalue weighted by atomic mass is 16.5. The van der Waals surface area contributed by atoms with E-state index in [1.54, 1.807) is 0 Å². The second-order valence-electron chi connectivity index (χ2n) is 11.6. The molecule has 4 aliphatic rings. The SMILES string of the molecule is COC1(C#Cc2ccc(C#N)cc2)CC[C@H]2[C@@H]3CCC4CC(O)CC[C@]4(C)[C@@H]3CC[C@@]21C. The van der Waals surface area contributed by atoms with Crippen molar-refractivity contribution in [3.05, 3.63) is 35.4 Å². The van der Waals surface area contributed by atoms with Crippen molar-refractivity contribution < 1.29 is 9.84 Å². The summed E-state index contributed by atoms with van der Waals surface area (Å²) in [6.45, 7) is 5.00. The smallest absolute Gasteiger partial charge is 0.134 e. The van der Waals surface area contributed by atoms with Crippen LogP contribution in [0.3, 0.4) is 0 Å². The van der Waals surface area contributed by atoms with Crippen LogP contribution in [0.2, 0.25) is 0 Å². The molecule has 3 heteroatoms. The van der Waals surface area contributed by atoms with Crippen LogP contribution in [0.4, 0.5) is 0 Å². The highest BCUT2D eigenvalue weighted by molar-refractivity contribution is 5.42. The number of nitrogens with zero attached hydrogens (tertiary/aromatic N) is 1. The van der Waals surface area contributed by atoms with Gasteiger partial charge in [0, 0.05) is 18.1 Å². The summed E-state index contributed by atoms with van der Waals surface area (Å²) in [5.41, 5.74) is 1.71. The van der Waals surface area contributed by atoms with Crippen LogP contribution in [0.25, 0.3) is 0 Å². The van der Waals surface area contributed by atoms with Crippen molar-refractivity contribution in [2.24, 2.45) is 34.5 Å². The zero-order chi connectivity index (χ0) is 22.6. The maximum absolute atomic E-state index is 10.3. The molecular formula is C29H37NO2. The van der Waals surface area contributed by atoms with E-state index in [2.05, 4.69) is 31.8 Å². The number of methoxy groups -OCH3 is 1. The first kappa shape index (κ1) is 22.0. The van der Waals surface area contributed by atoms with Crippen LogP contribution in [-0.4, -0.2) is 23.9 Å². The molecule has 8 atom stereocenters. The van der Waals surface area contributed by atoms with Gasteiger partial charge in [0.1, 0.15) is 5.60 Å². The zero-order valence-electron chi connectivity index (χ0n) is 19.9. The van der Waals surface area contributed by atoms with Crippen molar-refractivity contribution >= 4 is 0 Å². The summed E-state index contributed by atoms with van der Waals surface area (Å²) in [5.74, 6) is 9.93. The molecule has 0 bridgehead atoms. The van der Waals surface area contributed by atoms with Crippen LogP contribution in [0.5, 0.6) is 0 Å². The first-order valence-electron chi connectivity index (χ1n) is 12.6. The minimum absolute atomic E-state index is 0.0800. The number of ether oxygens (including phenoxy) is 1. The van der Waals surface area contributed by atoms with Gasteiger partial charge in [0.05, 0.1) is 17.7 Å². The first-order valence-corrected chi connectivity index (χ1v) is 12.6. The molecule has 0 aromatic heterocycles. The van der Waals surface area contributed by atoms with E-state index in [0.29, 0.717) is 22.8 Å². The van der Waals surface area contributed by atoms with E-state index in [1.807, 2.05) is 31.4 Å². The highest BCUT2D eigenvalue weighted by Crippen LogP contribution is 2.68. The molecule has 170 valence electrons. The van der Waals surface area contributed by atoms with Gasteiger partial charge in [0.15, 0.2) is 0 Å². The Morgan fingerprint density at radius 2 is 1.66 bits per heavy atom. The van der Waals surface area contributed by atoms with Crippen molar-refractivity contribution in [1.82, 2.24) is 0 Å². The molecule has 3 nitrogen and oxygen atoms in total. The molecule has 1 N–H and O–H groups in total. The fraction of sp³-hybridized carbons (Fsp3) is 0.690. The number of nitriles is 1. The van der Waals surface area contributed by atoms with Crippen LogP contribution < -0.4 is 0 Å². The van der Waals surface area contributed by atoms with Gasteiger partial charge in [-0.2, -0.15) is 5.26 Å². The molecule has 3 unspecified atom stereocenters. The van der Waals surface area contributed by atoms with Crippen LogP contribution in [-0.2, 0) is 4.74 Å². The standard InChI is InChI=1S/C29H37NO2/c1-27-14-11-23(31)18-22(27)8-9-24-25(27)12-15-28(2)26(24)13-17-29(28,32-3)16-10-20-4-6-21(19-30)7-5-20/h4-7,22-26,31H,8-9,11-15,17-18H2,1-3H3/t22?,23?,24-,25-,26+,27+,28+,29?/m1/s1. The fourth-order valence-electron chi connectivity index (χ4n) is 8.63. The molecule has 4 aliphatic carbocycles. The van der Waals surface area contributed by atoms with Crippen molar-refractivity contribution in [2.75, 3.05) is 7.11 Å². The van der Waals surface area contributed by atoms with Gasteiger partial charge in [-0.3, -0.25) is 0 Å². The Morgan fingerprint density at radius 3 is 2.38 bits per heavy atom.